The summed E-state index contributed by atoms with van der Waals surface area (Å²) < 4.78 is 34.1. The van der Waals surface area contributed by atoms with Crippen molar-refractivity contribution in [2.45, 2.75) is 251 Å². The Bertz CT molecular complexity index is 1650. The molecular weight excluding hydrogens is 966 g/mol. The predicted octanol–water partition coefficient (Wildman–Crippen LogP) is 18.7. The van der Waals surface area contributed by atoms with Crippen LogP contribution in [0.15, 0.2) is 109 Å². The number of allylic oxidation sites excluding steroid dienone is 18. The normalized spacial score (nSPS) is 14.0. The van der Waals surface area contributed by atoms with E-state index < -0.39 is 32.5 Å². The second-order valence-corrected chi connectivity index (χ2v) is 22.7. The summed E-state index contributed by atoms with van der Waals surface area (Å²) in [5, 5.41) is 0. The van der Waals surface area contributed by atoms with Gasteiger partial charge in [-0.25, -0.2) is 0 Å². The Kier molecular flexibility index (Phi) is 53.9. The number of hydrogen-bond donors (Lipinski definition) is 0. The van der Waals surface area contributed by atoms with E-state index >= 15 is 0 Å². The Morgan fingerprint density at radius 1 is 0.421 bits per heavy atom. The standard InChI is InChI=1S/C66H114NO8P/c1-6-8-10-12-14-16-18-20-21-22-23-24-25-26-27-28-29-30-31-32-33-34-35-36-37-38-39-40-41-42-43-44-45-47-49-51-53-55-57-59-66(69)75-64(63-74-76(70,71)73-61-60-67(3,4)5)62-72-65(68)58-56-54-52-50-48-46-19-17-15-13-11-9-7-2/h8,10-11,13-14,16-17,19-21,23-24,26-27,29-30,32-33,64H,6-7,9,12,15,18,22,25,28,31,34-63H2,1-5H3/b10-8-,13-11-,16-14-,19-17-,21-20-,24-23-,27-26-,30-29-,33-32-. The molecule has 2 unspecified atom stereocenters. The minimum Gasteiger partial charge on any atom is -0.756 e. The van der Waals surface area contributed by atoms with E-state index in [4.69, 9.17) is 18.5 Å². The lowest BCUT2D eigenvalue weighted by Crippen LogP contribution is -2.37. The molecule has 0 amide bonds. The Balaban J connectivity index is 3.98. The average molecular weight is 1080 g/mol. The molecule has 0 rings (SSSR count). The van der Waals surface area contributed by atoms with Crippen molar-refractivity contribution in [3.05, 3.63) is 109 Å². The van der Waals surface area contributed by atoms with Crippen LogP contribution in [0.2, 0.25) is 0 Å². The fourth-order valence-corrected chi connectivity index (χ4v) is 8.81. The average Bonchev–Trinajstić information content (AvgIpc) is 3.38. The van der Waals surface area contributed by atoms with Crippen molar-refractivity contribution in [2.75, 3.05) is 47.5 Å². The molecule has 0 spiro atoms. The molecule has 0 aromatic rings. The van der Waals surface area contributed by atoms with Gasteiger partial charge in [0.25, 0.3) is 7.82 Å². The van der Waals surface area contributed by atoms with Crippen LogP contribution in [0.3, 0.4) is 0 Å². The van der Waals surface area contributed by atoms with E-state index in [0.29, 0.717) is 23.9 Å². The maximum Gasteiger partial charge on any atom is 0.306 e. The van der Waals surface area contributed by atoms with Crippen LogP contribution in [0, 0.1) is 0 Å². The van der Waals surface area contributed by atoms with Crippen LogP contribution in [0.5, 0.6) is 0 Å². The Morgan fingerprint density at radius 3 is 1.12 bits per heavy atom. The van der Waals surface area contributed by atoms with E-state index in [2.05, 4.69) is 123 Å². The zero-order valence-electron chi connectivity index (χ0n) is 49.4. The van der Waals surface area contributed by atoms with Crippen LogP contribution in [0.25, 0.3) is 0 Å². The maximum atomic E-state index is 12.8. The molecule has 0 heterocycles. The van der Waals surface area contributed by atoms with E-state index in [1.165, 1.54) is 96.3 Å². The summed E-state index contributed by atoms with van der Waals surface area (Å²) >= 11 is 0. The van der Waals surface area contributed by atoms with Gasteiger partial charge in [0.15, 0.2) is 6.10 Å². The molecule has 0 aliphatic rings. The summed E-state index contributed by atoms with van der Waals surface area (Å²) in [4.78, 5) is 37.8. The van der Waals surface area contributed by atoms with Gasteiger partial charge in [-0.05, 0) is 96.3 Å². The summed E-state index contributed by atoms with van der Waals surface area (Å²) in [6.07, 6.45) is 78.8. The first kappa shape index (κ1) is 72.7. The molecule has 0 N–H and O–H groups in total. The molecule has 0 saturated heterocycles. The van der Waals surface area contributed by atoms with Crippen molar-refractivity contribution >= 4 is 19.8 Å². The van der Waals surface area contributed by atoms with E-state index in [1.54, 1.807) is 0 Å². The topological polar surface area (TPSA) is 111 Å². The minimum atomic E-state index is -4.64. The van der Waals surface area contributed by atoms with Gasteiger partial charge in [0, 0.05) is 12.8 Å². The number of nitrogens with zero attached hydrogens (tertiary/aromatic N) is 1. The summed E-state index contributed by atoms with van der Waals surface area (Å²) in [6, 6.07) is 0. The number of unbranched alkanes of at least 4 members (excludes halogenated alkanes) is 23. The zero-order chi connectivity index (χ0) is 55.6. The summed E-state index contributed by atoms with van der Waals surface area (Å²) in [5.74, 6) is -0.850. The fourth-order valence-electron chi connectivity index (χ4n) is 8.09. The summed E-state index contributed by atoms with van der Waals surface area (Å²) in [5.41, 5.74) is 0. The van der Waals surface area contributed by atoms with Crippen molar-refractivity contribution < 1.29 is 42.1 Å². The molecule has 0 saturated carbocycles. The first-order valence-corrected chi connectivity index (χ1v) is 32.1. The second kappa shape index (κ2) is 56.4. The molecule has 0 radical (unpaired) electrons. The SMILES string of the molecule is CC/C=C\C/C=C\C/C=C\C/C=C\C/C=C\C/C=C\C/C=C\CCCCCCCCCCCCCCCCCCCC(=O)OC(COC(=O)CCCCCCC/C=C\C/C=C\CCC)COP(=O)([O-])OCC[N+](C)(C)C. The highest BCUT2D eigenvalue weighted by Gasteiger charge is 2.22. The largest absolute Gasteiger partial charge is 0.756 e. The van der Waals surface area contributed by atoms with Gasteiger partial charge in [-0.3, -0.25) is 14.2 Å². The second-order valence-electron chi connectivity index (χ2n) is 21.3. The van der Waals surface area contributed by atoms with E-state index in [9.17, 15) is 19.0 Å². The third kappa shape index (κ3) is 59.9. The Labute approximate surface area is 467 Å². The number of rotatable bonds is 55. The van der Waals surface area contributed by atoms with Crippen molar-refractivity contribution in [2.24, 2.45) is 0 Å². The molecule has 76 heavy (non-hydrogen) atoms. The molecule has 0 aliphatic carbocycles. The van der Waals surface area contributed by atoms with Crippen molar-refractivity contribution in [1.29, 1.82) is 0 Å². The summed E-state index contributed by atoms with van der Waals surface area (Å²) in [6.45, 7) is 4.04. The summed E-state index contributed by atoms with van der Waals surface area (Å²) in [7, 11) is 1.15. The van der Waals surface area contributed by atoms with Gasteiger partial charge in [0.2, 0.25) is 0 Å². The van der Waals surface area contributed by atoms with E-state index in [1.807, 2.05) is 21.1 Å². The maximum absolute atomic E-state index is 12.8. The molecule has 0 aromatic heterocycles. The predicted molar refractivity (Wildman–Crippen MR) is 323 cm³/mol. The molecular formula is C66H114NO8P. The molecule has 0 fully saturated rings. The van der Waals surface area contributed by atoms with E-state index in [-0.39, 0.29) is 26.1 Å². The van der Waals surface area contributed by atoms with Gasteiger partial charge < -0.3 is 27.9 Å². The van der Waals surface area contributed by atoms with Crippen LogP contribution in [-0.4, -0.2) is 70.0 Å². The molecule has 9 nitrogen and oxygen atoms in total. The Hall–Kier alpha value is -3.33. The molecule has 10 heteroatoms. The number of ether oxygens (including phenoxy) is 2. The van der Waals surface area contributed by atoms with Crippen LogP contribution in [-0.2, 0) is 32.7 Å². The van der Waals surface area contributed by atoms with Crippen molar-refractivity contribution in [3.8, 4) is 0 Å². The van der Waals surface area contributed by atoms with Crippen molar-refractivity contribution in [3.63, 3.8) is 0 Å². The minimum absolute atomic E-state index is 0.0362. The van der Waals surface area contributed by atoms with Crippen LogP contribution >= 0.6 is 7.82 Å². The third-order valence-electron chi connectivity index (χ3n) is 12.8. The zero-order valence-corrected chi connectivity index (χ0v) is 50.3. The van der Waals surface area contributed by atoms with Crippen LogP contribution < -0.4 is 4.89 Å². The van der Waals surface area contributed by atoms with Gasteiger partial charge in [0.05, 0.1) is 27.7 Å². The number of esters is 2. The van der Waals surface area contributed by atoms with Gasteiger partial charge >= 0.3 is 11.9 Å². The lowest BCUT2D eigenvalue weighted by Gasteiger charge is -2.28. The molecule has 0 aromatic carbocycles. The number of carbonyl (C=O) groups excluding carboxylic acids is 2. The highest BCUT2D eigenvalue weighted by atomic mass is 31.2. The lowest BCUT2D eigenvalue weighted by molar-refractivity contribution is -0.870. The quantitative estimate of drug-likeness (QED) is 0.0195. The van der Waals surface area contributed by atoms with Crippen LogP contribution in [0.1, 0.15) is 245 Å². The molecule has 2 atom stereocenters. The Morgan fingerprint density at radius 2 is 0.750 bits per heavy atom. The first-order chi connectivity index (χ1) is 37.0. The van der Waals surface area contributed by atoms with Gasteiger partial charge in [-0.2, -0.15) is 0 Å². The van der Waals surface area contributed by atoms with Crippen molar-refractivity contribution in [1.82, 2.24) is 0 Å². The molecule has 0 aliphatic heterocycles. The molecule has 436 valence electrons. The highest BCUT2D eigenvalue weighted by molar-refractivity contribution is 7.45. The van der Waals surface area contributed by atoms with Gasteiger partial charge in [-0.1, -0.05) is 245 Å². The monoisotopic (exact) mass is 1080 g/mol. The number of phosphoric ester groups is 1. The molecule has 0 bridgehead atoms. The number of quaternary nitrogens is 1. The number of carbonyl (C=O) groups is 2. The highest BCUT2D eigenvalue weighted by Crippen LogP contribution is 2.38. The third-order valence-corrected chi connectivity index (χ3v) is 13.7. The van der Waals surface area contributed by atoms with Gasteiger partial charge in [0.1, 0.15) is 19.8 Å². The first-order valence-electron chi connectivity index (χ1n) is 30.6. The van der Waals surface area contributed by atoms with Crippen LogP contribution in [0.4, 0.5) is 0 Å². The lowest BCUT2D eigenvalue weighted by atomic mass is 10.0. The number of hydrogen-bond acceptors (Lipinski definition) is 8. The fraction of sp³-hybridized carbons (Fsp3) is 0.697. The number of likely N-dealkylation sites (N-methyl/N-ethyl adjacent to an activating group) is 1. The van der Waals surface area contributed by atoms with Gasteiger partial charge in [-0.15, -0.1) is 0 Å². The smallest absolute Gasteiger partial charge is 0.306 e. The van der Waals surface area contributed by atoms with E-state index in [0.717, 1.165) is 109 Å². The number of phosphoric acid groups is 1.